The number of methoxy groups -OCH3 is 1. The van der Waals surface area contributed by atoms with Crippen LogP contribution >= 0.6 is 11.3 Å². The second kappa shape index (κ2) is 7.09. The third-order valence-electron chi connectivity index (χ3n) is 4.39. The summed E-state index contributed by atoms with van der Waals surface area (Å²) in [4.78, 5) is 26.4. The molecule has 25 heavy (non-hydrogen) atoms. The number of aliphatic carboxylic acids is 1. The van der Waals surface area contributed by atoms with Crippen LogP contribution in [-0.4, -0.2) is 41.6 Å². The number of halogens is 1. The lowest BCUT2D eigenvalue weighted by molar-refractivity contribution is -0.141. The van der Waals surface area contributed by atoms with Gasteiger partial charge in [0, 0.05) is 35.3 Å². The van der Waals surface area contributed by atoms with Gasteiger partial charge < -0.3 is 14.7 Å². The van der Waals surface area contributed by atoms with Crippen molar-refractivity contribution in [3.05, 3.63) is 34.5 Å². The van der Waals surface area contributed by atoms with Crippen LogP contribution in [0.4, 0.5) is 4.39 Å². The fraction of sp³-hybridized carbons (Fsp3) is 0.444. The summed E-state index contributed by atoms with van der Waals surface area (Å²) in [5, 5.41) is 9.59. The Kier molecular flexibility index (Phi) is 5.06. The molecule has 1 aromatic heterocycles. The molecule has 0 aliphatic heterocycles. The Morgan fingerprint density at radius 1 is 1.44 bits per heavy atom. The van der Waals surface area contributed by atoms with E-state index in [1.165, 1.54) is 24.5 Å². The van der Waals surface area contributed by atoms with Gasteiger partial charge in [-0.1, -0.05) is 13.0 Å². The highest BCUT2D eigenvalue weighted by atomic mass is 32.1. The molecular weight excluding hydrogens is 345 g/mol. The van der Waals surface area contributed by atoms with Gasteiger partial charge in [-0.2, -0.15) is 0 Å². The SMILES string of the molecule is COCc1c(C(=O)N(CC(C)C(=O)O)C2CC2)sc2cccc(F)c12. The lowest BCUT2D eigenvalue weighted by Gasteiger charge is -2.24. The maximum Gasteiger partial charge on any atom is 0.308 e. The molecule has 1 amide bonds. The second-order valence-electron chi connectivity index (χ2n) is 6.38. The number of carboxylic acid groups (broad SMARTS) is 1. The zero-order valence-corrected chi connectivity index (χ0v) is 14.9. The number of benzene rings is 1. The van der Waals surface area contributed by atoms with Crippen LogP contribution < -0.4 is 0 Å². The van der Waals surface area contributed by atoms with Crippen LogP contribution in [-0.2, 0) is 16.1 Å². The van der Waals surface area contributed by atoms with Crippen molar-refractivity contribution < 1.29 is 23.8 Å². The van der Waals surface area contributed by atoms with Gasteiger partial charge >= 0.3 is 5.97 Å². The lowest BCUT2D eigenvalue weighted by Crippen LogP contribution is -2.38. The summed E-state index contributed by atoms with van der Waals surface area (Å²) >= 11 is 1.24. The minimum Gasteiger partial charge on any atom is -0.481 e. The molecule has 1 heterocycles. The van der Waals surface area contributed by atoms with Gasteiger partial charge in [-0.05, 0) is 25.0 Å². The minimum atomic E-state index is -0.932. The molecule has 0 saturated heterocycles. The van der Waals surface area contributed by atoms with E-state index in [9.17, 15) is 19.1 Å². The molecule has 2 aromatic rings. The molecule has 0 bridgehead atoms. The third-order valence-corrected chi connectivity index (χ3v) is 5.57. The molecule has 0 spiro atoms. The van der Waals surface area contributed by atoms with E-state index in [1.807, 2.05) is 0 Å². The van der Waals surface area contributed by atoms with E-state index in [0.29, 0.717) is 20.5 Å². The van der Waals surface area contributed by atoms with Crippen LogP contribution in [0.15, 0.2) is 18.2 Å². The standard InChI is InChI=1S/C18H20FNO4S/c1-10(18(22)23)8-20(11-6-7-11)17(21)16-12(9-24-2)15-13(19)4-3-5-14(15)25-16/h3-5,10-11H,6-9H2,1-2H3,(H,22,23). The number of carbonyl (C=O) groups is 2. The van der Waals surface area contributed by atoms with Crippen molar-refractivity contribution in [3.8, 4) is 0 Å². The first kappa shape index (κ1) is 17.8. The van der Waals surface area contributed by atoms with Crippen molar-refractivity contribution in [2.45, 2.75) is 32.4 Å². The normalized spacial score (nSPS) is 15.3. The van der Waals surface area contributed by atoms with E-state index in [4.69, 9.17) is 4.74 Å². The summed E-state index contributed by atoms with van der Waals surface area (Å²) in [6.07, 6.45) is 1.74. The van der Waals surface area contributed by atoms with Crippen LogP contribution in [0.25, 0.3) is 10.1 Å². The highest BCUT2D eigenvalue weighted by Gasteiger charge is 2.36. The number of amides is 1. The molecule has 134 valence electrons. The van der Waals surface area contributed by atoms with Gasteiger partial charge in [-0.15, -0.1) is 11.3 Å². The Morgan fingerprint density at radius 2 is 2.16 bits per heavy atom. The number of hydrogen-bond acceptors (Lipinski definition) is 4. The summed E-state index contributed by atoms with van der Waals surface area (Å²) < 4.78 is 20.2. The zero-order valence-electron chi connectivity index (χ0n) is 14.1. The number of hydrogen-bond donors (Lipinski definition) is 1. The Morgan fingerprint density at radius 3 is 2.76 bits per heavy atom. The first-order chi connectivity index (χ1) is 11.9. The van der Waals surface area contributed by atoms with E-state index in [0.717, 1.165) is 12.8 Å². The Hall–Kier alpha value is -1.99. The number of carboxylic acids is 1. The molecule has 1 fully saturated rings. The highest BCUT2D eigenvalue weighted by Crippen LogP contribution is 2.37. The number of nitrogens with zero attached hydrogens (tertiary/aromatic N) is 1. The zero-order chi connectivity index (χ0) is 18.1. The minimum absolute atomic E-state index is 0.0692. The number of rotatable bonds is 7. The molecule has 0 radical (unpaired) electrons. The topological polar surface area (TPSA) is 66.8 Å². The van der Waals surface area contributed by atoms with E-state index in [2.05, 4.69) is 0 Å². The monoisotopic (exact) mass is 365 g/mol. The fourth-order valence-corrected chi connectivity index (χ4v) is 4.09. The molecule has 1 aromatic carbocycles. The van der Waals surface area contributed by atoms with Gasteiger partial charge in [0.05, 0.1) is 17.4 Å². The van der Waals surface area contributed by atoms with Gasteiger partial charge in [-0.25, -0.2) is 4.39 Å². The molecular formula is C18H20FNO4S. The van der Waals surface area contributed by atoms with Gasteiger partial charge in [0.1, 0.15) is 5.82 Å². The Bertz CT molecular complexity index is 815. The largest absolute Gasteiger partial charge is 0.481 e. The Labute approximate surface area is 149 Å². The van der Waals surface area contributed by atoms with Gasteiger partial charge in [0.25, 0.3) is 5.91 Å². The van der Waals surface area contributed by atoms with Gasteiger partial charge in [-0.3, -0.25) is 9.59 Å². The quantitative estimate of drug-likeness (QED) is 0.815. The number of carbonyl (C=O) groups excluding carboxylic acids is 1. The van der Waals surface area contributed by atoms with Crippen molar-refractivity contribution in [1.29, 1.82) is 0 Å². The predicted octanol–water partition coefficient (Wildman–Crippen LogP) is 3.51. The number of thiophene rings is 1. The molecule has 1 aliphatic rings. The smallest absolute Gasteiger partial charge is 0.308 e. The van der Waals surface area contributed by atoms with Crippen LogP contribution in [0, 0.1) is 11.7 Å². The summed E-state index contributed by atoms with van der Waals surface area (Å²) in [5.41, 5.74) is 0.541. The van der Waals surface area contributed by atoms with Crippen molar-refractivity contribution in [2.24, 2.45) is 5.92 Å². The van der Waals surface area contributed by atoms with Gasteiger partial charge in [0.2, 0.25) is 0 Å². The Balaban J connectivity index is 2.01. The average Bonchev–Trinajstić information content (AvgIpc) is 3.34. The number of fused-ring (bicyclic) bond motifs is 1. The summed E-state index contributed by atoms with van der Waals surface area (Å²) in [6.45, 7) is 1.88. The predicted molar refractivity (Wildman–Crippen MR) is 93.4 cm³/mol. The van der Waals surface area contributed by atoms with Crippen LogP contribution in [0.3, 0.4) is 0 Å². The van der Waals surface area contributed by atoms with E-state index < -0.39 is 11.9 Å². The van der Waals surface area contributed by atoms with E-state index >= 15 is 0 Å². The molecule has 1 atom stereocenters. The lowest BCUT2D eigenvalue weighted by atomic mass is 10.1. The third kappa shape index (κ3) is 3.52. The second-order valence-corrected chi connectivity index (χ2v) is 7.44. The maximum atomic E-state index is 14.3. The van der Waals surface area contributed by atoms with Crippen molar-refractivity contribution in [2.75, 3.05) is 13.7 Å². The molecule has 1 aliphatic carbocycles. The molecule has 3 rings (SSSR count). The van der Waals surface area contributed by atoms with Crippen LogP contribution in [0.1, 0.15) is 35.0 Å². The summed E-state index contributed by atoms with van der Waals surface area (Å²) in [6, 6.07) is 4.83. The van der Waals surface area contributed by atoms with Crippen LogP contribution in [0.5, 0.6) is 0 Å². The van der Waals surface area contributed by atoms with E-state index in [-0.39, 0.29) is 30.9 Å². The summed E-state index contributed by atoms with van der Waals surface area (Å²) in [7, 11) is 1.50. The first-order valence-corrected chi connectivity index (χ1v) is 8.98. The average molecular weight is 365 g/mol. The fourth-order valence-electron chi connectivity index (χ4n) is 2.91. The van der Waals surface area contributed by atoms with Crippen molar-refractivity contribution in [1.82, 2.24) is 4.90 Å². The molecule has 7 heteroatoms. The van der Waals surface area contributed by atoms with Gasteiger partial charge in [0.15, 0.2) is 0 Å². The molecule has 1 unspecified atom stereocenters. The van der Waals surface area contributed by atoms with Crippen molar-refractivity contribution in [3.63, 3.8) is 0 Å². The van der Waals surface area contributed by atoms with Crippen molar-refractivity contribution >= 4 is 33.3 Å². The molecule has 1 N–H and O–H groups in total. The maximum absolute atomic E-state index is 14.3. The van der Waals surface area contributed by atoms with Crippen LogP contribution in [0.2, 0.25) is 0 Å². The molecule has 1 saturated carbocycles. The summed E-state index contributed by atoms with van der Waals surface area (Å²) in [5.74, 6) is -2.19. The first-order valence-electron chi connectivity index (χ1n) is 8.16. The molecule has 5 nitrogen and oxygen atoms in total. The van der Waals surface area contributed by atoms with E-state index in [1.54, 1.807) is 24.0 Å². The number of ether oxygens (including phenoxy) is 1. The highest BCUT2D eigenvalue weighted by molar-refractivity contribution is 7.21.